The van der Waals surface area contributed by atoms with Gasteiger partial charge in [-0.05, 0) is 18.2 Å². The molecule has 0 radical (unpaired) electrons. The number of hydrogen-bond acceptors (Lipinski definition) is 6. The summed E-state index contributed by atoms with van der Waals surface area (Å²) in [5.41, 5.74) is 0.456. The zero-order valence-corrected chi connectivity index (χ0v) is 15.9. The number of nitriles is 1. The van der Waals surface area contributed by atoms with Gasteiger partial charge in [0, 0.05) is 21.8 Å². The van der Waals surface area contributed by atoms with Crippen LogP contribution >= 0.6 is 46.3 Å². The first-order chi connectivity index (χ1) is 12.4. The van der Waals surface area contributed by atoms with Gasteiger partial charge in [-0.15, -0.1) is 23.1 Å². The van der Waals surface area contributed by atoms with Crippen LogP contribution in [0.3, 0.4) is 0 Å². The Morgan fingerprint density at radius 3 is 2.65 bits per heavy atom. The van der Waals surface area contributed by atoms with Crippen LogP contribution in [0.25, 0.3) is 10.2 Å². The lowest BCUT2D eigenvalue weighted by Gasteiger charge is -2.06. The fourth-order valence-electron chi connectivity index (χ4n) is 2.22. The molecule has 1 amide bonds. The Bertz CT molecular complexity index is 1100. The van der Waals surface area contributed by atoms with Gasteiger partial charge in [0.15, 0.2) is 0 Å². The summed E-state index contributed by atoms with van der Waals surface area (Å²) in [6.07, 6.45) is 0. The van der Waals surface area contributed by atoms with E-state index in [4.69, 9.17) is 23.2 Å². The number of amides is 1. The van der Waals surface area contributed by atoms with Crippen molar-refractivity contribution in [3.8, 4) is 11.8 Å². The molecular formula is C16H9Cl2N3O3S2. The number of pyridine rings is 1. The van der Waals surface area contributed by atoms with Gasteiger partial charge in [0.1, 0.15) is 17.4 Å². The second-order valence-corrected chi connectivity index (χ2v) is 8.23. The Labute approximate surface area is 165 Å². The number of H-pyrrole nitrogens is 1. The predicted molar refractivity (Wildman–Crippen MR) is 105 cm³/mol. The van der Waals surface area contributed by atoms with Gasteiger partial charge in [-0.3, -0.25) is 9.59 Å². The molecule has 0 atom stereocenters. The molecule has 132 valence electrons. The van der Waals surface area contributed by atoms with Crippen molar-refractivity contribution in [2.24, 2.45) is 0 Å². The monoisotopic (exact) mass is 425 g/mol. The molecule has 0 saturated carbocycles. The number of aromatic amines is 1. The molecule has 1 aromatic carbocycles. The van der Waals surface area contributed by atoms with E-state index in [-0.39, 0.29) is 28.5 Å². The number of benzene rings is 1. The molecular weight excluding hydrogens is 417 g/mol. The largest absolute Gasteiger partial charge is 0.506 e. The lowest BCUT2D eigenvalue weighted by Crippen LogP contribution is -2.13. The summed E-state index contributed by atoms with van der Waals surface area (Å²) >= 11 is 14.0. The number of carbonyl (C=O) groups is 1. The van der Waals surface area contributed by atoms with Crippen LogP contribution in [0.15, 0.2) is 33.3 Å². The maximum Gasteiger partial charge on any atom is 0.252 e. The summed E-state index contributed by atoms with van der Waals surface area (Å²) < 4.78 is 0.921. The van der Waals surface area contributed by atoms with Gasteiger partial charge in [-0.25, -0.2) is 0 Å². The molecule has 3 aromatic rings. The number of nitrogens with zero attached hydrogens (tertiary/aromatic N) is 1. The van der Waals surface area contributed by atoms with Gasteiger partial charge in [-0.2, -0.15) is 5.26 Å². The second-order valence-electron chi connectivity index (χ2n) is 5.09. The SMILES string of the molecule is N#Cc1c(SCC(=O)Nc2cc(Cl)cc(Cl)c2)sc2c(O)cc(=O)[nH]c12. The van der Waals surface area contributed by atoms with Gasteiger partial charge >= 0.3 is 0 Å². The first-order valence-electron chi connectivity index (χ1n) is 7.05. The zero-order valence-electron chi connectivity index (χ0n) is 12.8. The van der Waals surface area contributed by atoms with Crippen molar-refractivity contribution in [3.05, 3.63) is 50.2 Å². The number of aromatic nitrogens is 1. The van der Waals surface area contributed by atoms with Gasteiger partial charge in [-0.1, -0.05) is 23.2 Å². The second kappa shape index (κ2) is 7.60. The van der Waals surface area contributed by atoms with Crippen LogP contribution in [0, 0.1) is 11.3 Å². The van der Waals surface area contributed by atoms with Crippen LogP contribution in [0.2, 0.25) is 10.0 Å². The number of rotatable bonds is 4. The number of aromatic hydroxyl groups is 1. The maximum absolute atomic E-state index is 12.1. The van der Waals surface area contributed by atoms with E-state index in [9.17, 15) is 20.0 Å². The number of hydrogen-bond donors (Lipinski definition) is 3. The Kier molecular flexibility index (Phi) is 5.44. The van der Waals surface area contributed by atoms with Gasteiger partial charge in [0.25, 0.3) is 5.56 Å². The predicted octanol–water partition coefficient (Wildman–Crippen LogP) is 4.20. The Morgan fingerprint density at radius 2 is 2.00 bits per heavy atom. The third-order valence-corrected chi connectivity index (χ3v) is 6.14. The van der Waals surface area contributed by atoms with Crippen molar-refractivity contribution < 1.29 is 9.90 Å². The summed E-state index contributed by atoms with van der Waals surface area (Å²) in [7, 11) is 0. The molecule has 0 unspecified atom stereocenters. The van der Waals surface area contributed by atoms with E-state index in [2.05, 4.69) is 10.3 Å². The lowest BCUT2D eigenvalue weighted by molar-refractivity contribution is -0.113. The first-order valence-corrected chi connectivity index (χ1v) is 9.61. The number of nitrogens with one attached hydrogen (secondary N) is 2. The van der Waals surface area contributed by atoms with E-state index < -0.39 is 5.56 Å². The van der Waals surface area contributed by atoms with Crippen molar-refractivity contribution in [2.45, 2.75) is 4.21 Å². The topological polar surface area (TPSA) is 106 Å². The van der Waals surface area contributed by atoms with Gasteiger partial charge < -0.3 is 15.4 Å². The molecule has 10 heteroatoms. The molecule has 26 heavy (non-hydrogen) atoms. The van der Waals surface area contributed by atoms with Crippen LogP contribution in [-0.2, 0) is 4.79 Å². The Hall–Kier alpha value is -2.18. The number of thioether (sulfide) groups is 1. The minimum absolute atomic E-state index is 0.0244. The lowest BCUT2D eigenvalue weighted by atomic mass is 10.3. The highest BCUT2D eigenvalue weighted by molar-refractivity contribution is 8.02. The summed E-state index contributed by atoms with van der Waals surface area (Å²) in [6, 6.07) is 7.74. The molecule has 0 spiro atoms. The molecule has 2 heterocycles. The molecule has 0 aliphatic heterocycles. The average Bonchev–Trinajstić information content (AvgIpc) is 2.89. The number of fused-ring (bicyclic) bond motifs is 1. The number of carbonyl (C=O) groups excluding carboxylic acids is 1. The smallest absolute Gasteiger partial charge is 0.252 e. The summed E-state index contributed by atoms with van der Waals surface area (Å²) in [5, 5.41) is 22.7. The highest BCUT2D eigenvalue weighted by atomic mass is 35.5. The molecule has 3 rings (SSSR count). The quantitative estimate of drug-likeness (QED) is 0.542. The molecule has 0 aliphatic carbocycles. The van der Waals surface area contributed by atoms with E-state index in [0.29, 0.717) is 24.6 Å². The van der Waals surface area contributed by atoms with Crippen LogP contribution in [-0.4, -0.2) is 21.8 Å². The van der Waals surface area contributed by atoms with E-state index in [1.54, 1.807) is 18.2 Å². The van der Waals surface area contributed by atoms with Crippen molar-refractivity contribution >= 4 is 68.1 Å². The molecule has 2 aromatic heterocycles. The Balaban J connectivity index is 1.79. The third kappa shape index (κ3) is 3.97. The molecule has 0 fully saturated rings. The van der Waals surface area contributed by atoms with E-state index >= 15 is 0 Å². The summed E-state index contributed by atoms with van der Waals surface area (Å²) in [5.74, 6) is -0.487. The highest BCUT2D eigenvalue weighted by Gasteiger charge is 2.17. The van der Waals surface area contributed by atoms with Crippen LogP contribution in [0.4, 0.5) is 5.69 Å². The average molecular weight is 426 g/mol. The van der Waals surface area contributed by atoms with Crippen LogP contribution in [0.1, 0.15) is 5.56 Å². The number of anilines is 1. The van der Waals surface area contributed by atoms with Crippen molar-refractivity contribution in [1.29, 1.82) is 5.26 Å². The van der Waals surface area contributed by atoms with E-state index in [0.717, 1.165) is 29.2 Å². The number of thiophene rings is 1. The molecule has 0 bridgehead atoms. The van der Waals surface area contributed by atoms with E-state index in [1.165, 1.54) is 0 Å². The minimum Gasteiger partial charge on any atom is -0.506 e. The minimum atomic E-state index is -0.503. The first kappa shape index (κ1) is 18.6. The standard InChI is InChI=1S/C16H9Cl2N3O3S2/c17-7-1-8(18)3-9(2-7)20-13(24)6-25-16-10(5-19)14-15(26-16)11(22)4-12(23)21-14/h1-4H,6H2,(H,20,24)(H2,21,22,23). The van der Waals surface area contributed by atoms with Crippen molar-refractivity contribution in [1.82, 2.24) is 4.98 Å². The molecule has 3 N–H and O–H groups in total. The maximum atomic E-state index is 12.1. The van der Waals surface area contributed by atoms with Gasteiger partial charge in [0.2, 0.25) is 5.91 Å². The number of halogens is 2. The highest BCUT2D eigenvalue weighted by Crippen LogP contribution is 2.39. The van der Waals surface area contributed by atoms with Crippen LogP contribution < -0.4 is 10.9 Å². The fraction of sp³-hybridized carbons (Fsp3) is 0.0625. The van der Waals surface area contributed by atoms with Crippen molar-refractivity contribution in [2.75, 3.05) is 11.1 Å². The Morgan fingerprint density at radius 1 is 1.31 bits per heavy atom. The van der Waals surface area contributed by atoms with Crippen molar-refractivity contribution in [3.63, 3.8) is 0 Å². The summed E-state index contributed by atoms with van der Waals surface area (Å²) in [6.45, 7) is 0. The van der Waals surface area contributed by atoms with E-state index in [1.807, 2.05) is 6.07 Å². The molecule has 0 saturated heterocycles. The van der Waals surface area contributed by atoms with Gasteiger partial charge in [0.05, 0.1) is 20.2 Å². The molecule has 6 nitrogen and oxygen atoms in total. The third-order valence-electron chi connectivity index (χ3n) is 3.22. The molecule has 0 aliphatic rings. The zero-order chi connectivity index (χ0) is 18.8. The summed E-state index contributed by atoms with van der Waals surface area (Å²) in [4.78, 5) is 26.2. The normalized spacial score (nSPS) is 10.7. The van der Waals surface area contributed by atoms with Crippen LogP contribution in [0.5, 0.6) is 5.75 Å². The fourth-order valence-corrected chi connectivity index (χ4v) is 4.89.